The standard InChI is InChI=1S/C8H19N.C2H6/c1-5-8(3,4)7-9-6-2;1-2/h9H,5-7H2,1-4H3;1-2H3. The molecule has 0 atom stereocenters. The Morgan fingerprint density at radius 3 is 1.82 bits per heavy atom. The Hall–Kier alpha value is -0.0400. The molecule has 0 rings (SSSR count). The number of hydrogen-bond acceptors (Lipinski definition) is 1. The molecule has 0 aliphatic rings. The molecule has 1 N–H and O–H groups in total. The van der Waals surface area contributed by atoms with Gasteiger partial charge in [-0.2, -0.15) is 0 Å². The molecule has 0 heterocycles. The van der Waals surface area contributed by atoms with Gasteiger partial charge in [-0.3, -0.25) is 0 Å². The van der Waals surface area contributed by atoms with Gasteiger partial charge >= 0.3 is 0 Å². The van der Waals surface area contributed by atoms with Crippen molar-refractivity contribution in [1.29, 1.82) is 0 Å². The molecule has 0 aliphatic carbocycles. The van der Waals surface area contributed by atoms with E-state index in [1.165, 1.54) is 6.42 Å². The molecule has 1 heteroatoms. The predicted octanol–water partition coefficient (Wildman–Crippen LogP) is 3.06. The summed E-state index contributed by atoms with van der Waals surface area (Å²) in [6.07, 6.45) is 1.25. The van der Waals surface area contributed by atoms with Crippen molar-refractivity contribution in [2.75, 3.05) is 13.1 Å². The summed E-state index contributed by atoms with van der Waals surface area (Å²) >= 11 is 0. The highest BCUT2D eigenvalue weighted by molar-refractivity contribution is 4.68. The van der Waals surface area contributed by atoms with Crippen molar-refractivity contribution in [2.24, 2.45) is 5.41 Å². The SMILES string of the molecule is CC.CCNCC(C)(C)CC. The van der Waals surface area contributed by atoms with Crippen molar-refractivity contribution in [3.63, 3.8) is 0 Å². The summed E-state index contributed by atoms with van der Waals surface area (Å²) in [6.45, 7) is 15.2. The van der Waals surface area contributed by atoms with Crippen LogP contribution < -0.4 is 5.32 Å². The van der Waals surface area contributed by atoms with Crippen molar-refractivity contribution in [2.45, 2.75) is 48.0 Å². The molecule has 0 spiro atoms. The highest BCUT2D eigenvalue weighted by Crippen LogP contribution is 2.17. The van der Waals surface area contributed by atoms with E-state index in [4.69, 9.17) is 0 Å². The van der Waals surface area contributed by atoms with Crippen molar-refractivity contribution < 1.29 is 0 Å². The first-order valence-corrected chi connectivity index (χ1v) is 4.83. The van der Waals surface area contributed by atoms with Crippen LogP contribution in [-0.2, 0) is 0 Å². The van der Waals surface area contributed by atoms with E-state index < -0.39 is 0 Å². The molecule has 0 aromatic carbocycles. The van der Waals surface area contributed by atoms with Gasteiger partial charge in [-0.1, -0.05) is 41.5 Å². The molecule has 1 nitrogen and oxygen atoms in total. The lowest BCUT2D eigenvalue weighted by atomic mass is 9.90. The molecule has 0 aromatic heterocycles. The van der Waals surface area contributed by atoms with Gasteiger partial charge in [-0.15, -0.1) is 0 Å². The summed E-state index contributed by atoms with van der Waals surface area (Å²) in [5.41, 5.74) is 0.482. The van der Waals surface area contributed by atoms with Crippen LogP contribution in [0.2, 0.25) is 0 Å². The third-order valence-corrected chi connectivity index (χ3v) is 1.81. The fourth-order valence-electron chi connectivity index (χ4n) is 0.588. The molecule has 0 amide bonds. The highest BCUT2D eigenvalue weighted by atomic mass is 14.9. The van der Waals surface area contributed by atoms with E-state index in [9.17, 15) is 0 Å². The van der Waals surface area contributed by atoms with E-state index in [1.807, 2.05) is 13.8 Å². The van der Waals surface area contributed by atoms with E-state index in [0.29, 0.717) is 5.41 Å². The first-order chi connectivity index (χ1) is 5.12. The minimum Gasteiger partial charge on any atom is -0.316 e. The molecule has 0 bridgehead atoms. The molecule has 0 fully saturated rings. The minimum absolute atomic E-state index is 0.482. The zero-order valence-corrected chi connectivity index (χ0v) is 9.12. The normalized spacial score (nSPS) is 10.4. The molecule has 70 valence electrons. The Balaban J connectivity index is 0. The van der Waals surface area contributed by atoms with E-state index in [1.54, 1.807) is 0 Å². The maximum absolute atomic E-state index is 3.34. The third-order valence-electron chi connectivity index (χ3n) is 1.81. The highest BCUT2D eigenvalue weighted by Gasteiger charge is 2.12. The zero-order chi connectivity index (χ0) is 9.33. The molecule has 0 aromatic rings. The van der Waals surface area contributed by atoms with Crippen LogP contribution >= 0.6 is 0 Å². The Labute approximate surface area is 72.6 Å². The van der Waals surface area contributed by atoms with Gasteiger partial charge in [0.15, 0.2) is 0 Å². The molecular formula is C10H25N. The van der Waals surface area contributed by atoms with Crippen LogP contribution in [0.25, 0.3) is 0 Å². The fraction of sp³-hybridized carbons (Fsp3) is 1.00. The lowest BCUT2D eigenvalue weighted by Gasteiger charge is -2.22. The van der Waals surface area contributed by atoms with Gasteiger partial charge in [-0.05, 0) is 18.4 Å². The maximum atomic E-state index is 3.34. The van der Waals surface area contributed by atoms with Crippen molar-refractivity contribution >= 4 is 0 Å². The molecule has 0 saturated carbocycles. The van der Waals surface area contributed by atoms with Crippen molar-refractivity contribution in [3.05, 3.63) is 0 Å². The molecular weight excluding hydrogens is 134 g/mol. The molecule has 0 unspecified atom stereocenters. The van der Waals surface area contributed by atoms with Crippen molar-refractivity contribution in [1.82, 2.24) is 5.32 Å². The van der Waals surface area contributed by atoms with E-state index >= 15 is 0 Å². The first-order valence-electron chi connectivity index (χ1n) is 4.83. The van der Waals surface area contributed by atoms with E-state index in [0.717, 1.165) is 13.1 Å². The van der Waals surface area contributed by atoms with Gasteiger partial charge in [0.25, 0.3) is 0 Å². The number of hydrogen-bond donors (Lipinski definition) is 1. The van der Waals surface area contributed by atoms with Gasteiger partial charge in [-0.25, -0.2) is 0 Å². The first kappa shape index (κ1) is 13.5. The smallest absolute Gasteiger partial charge is 0.000230 e. The van der Waals surface area contributed by atoms with Crippen LogP contribution in [0, 0.1) is 5.41 Å². The van der Waals surface area contributed by atoms with Crippen LogP contribution in [0.3, 0.4) is 0 Å². The Bertz CT molecular complexity index is 67.3. The second-order valence-electron chi connectivity index (χ2n) is 3.30. The predicted molar refractivity (Wildman–Crippen MR) is 54.0 cm³/mol. The Morgan fingerprint density at radius 2 is 1.55 bits per heavy atom. The van der Waals surface area contributed by atoms with Crippen LogP contribution in [0.4, 0.5) is 0 Å². The van der Waals surface area contributed by atoms with Crippen LogP contribution in [-0.4, -0.2) is 13.1 Å². The number of nitrogens with one attached hydrogen (secondary N) is 1. The summed E-state index contributed by atoms with van der Waals surface area (Å²) in [4.78, 5) is 0. The summed E-state index contributed by atoms with van der Waals surface area (Å²) in [7, 11) is 0. The van der Waals surface area contributed by atoms with Crippen LogP contribution in [0.1, 0.15) is 48.0 Å². The second-order valence-corrected chi connectivity index (χ2v) is 3.30. The monoisotopic (exact) mass is 159 g/mol. The summed E-state index contributed by atoms with van der Waals surface area (Å²) < 4.78 is 0. The van der Waals surface area contributed by atoms with E-state index in [-0.39, 0.29) is 0 Å². The lowest BCUT2D eigenvalue weighted by molar-refractivity contribution is 0.332. The lowest BCUT2D eigenvalue weighted by Crippen LogP contribution is -2.28. The van der Waals surface area contributed by atoms with Gasteiger partial charge in [0.2, 0.25) is 0 Å². The van der Waals surface area contributed by atoms with Gasteiger partial charge in [0.1, 0.15) is 0 Å². The maximum Gasteiger partial charge on any atom is 0.000230 e. The quantitative estimate of drug-likeness (QED) is 0.665. The van der Waals surface area contributed by atoms with Gasteiger partial charge in [0.05, 0.1) is 0 Å². The Morgan fingerprint density at radius 1 is 1.09 bits per heavy atom. The van der Waals surface area contributed by atoms with Crippen LogP contribution in [0.5, 0.6) is 0 Å². The number of rotatable bonds is 4. The average Bonchev–Trinajstić information content (AvgIpc) is 2.05. The zero-order valence-electron chi connectivity index (χ0n) is 9.12. The summed E-state index contributed by atoms with van der Waals surface area (Å²) in [5.74, 6) is 0. The fourth-order valence-corrected chi connectivity index (χ4v) is 0.588. The van der Waals surface area contributed by atoms with Gasteiger partial charge in [0, 0.05) is 6.54 Å². The molecule has 0 radical (unpaired) electrons. The largest absolute Gasteiger partial charge is 0.316 e. The van der Waals surface area contributed by atoms with Crippen molar-refractivity contribution in [3.8, 4) is 0 Å². The summed E-state index contributed by atoms with van der Waals surface area (Å²) in [5, 5.41) is 3.34. The topological polar surface area (TPSA) is 12.0 Å². The average molecular weight is 159 g/mol. The second kappa shape index (κ2) is 8.06. The van der Waals surface area contributed by atoms with E-state index in [2.05, 4.69) is 33.0 Å². The summed E-state index contributed by atoms with van der Waals surface area (Å²) in [6, 6.07) is 0. The molecule has 0 saturated heterocycles. The third kappa shape index (κ3) is 9.96. The minimum atomic E-state index is 0.482. The molecule has 11 heavy (non-hydrogen) atoms. The Kier molecular flexibility index (Phi) is 9.92. The molecule has 0 aliphatic heterocycles. The van der Waals surface area contributed by atoms with Gasteiger partial charge < -0.3 is 5.32 Å². The van der Waals surface area contributed by atoms with Crippen LogP contribution in [0.15, 0.2) is 0 Å².